The Kier molecular flexibility index (Phi) is 6.25. The van der Waals surface area contributed by atoms with Gasteiger partial charge in [0.15, 0.2) is 17.3 Å². The van der Waals surface area contributed by atoms with Crippen LogP contribution in [0.1, 0.15) is 23.2 Å². The highest BCUT2D eigenvalue weighted by atomic mass is 16.5. The second-order valence-corrected chi connectivity index (χ2v) is 6.21. The molecule has 0 saturated carbocycles. The van der Waals surface area contributed by atoms with Crippen molar-refractivity contribution in [3.05, 3.63) is 30.0 Å². The molecule has 26 heavy (non-hydrogen) atoms. The molecule has 1 N–H and O–H groups in total. The summed E-state index contributed by atoms with van der Waals surface area (Å²) in [5, 5.41) is 7.01. The van der Waals surface area contributed by atoms with Gasteiger partial charge in [0.05, 0.1) is 44.9 Å². The number of H-pyrrole nitrogens is 1. The fraction of sp³-hybridized carbons (Fsp3) is 0.474. The third-order valence-corrected chi connectivity index (χ3v) is 4.59. The Hall–Kier alpha value is -2.38. The summed E-state index contributed by atoms with van der Waals surface area (Å²) in [6.07, 6.45) is 2.93. The number of benzene rings is 1. The van der Waals surface area contributed by atoms with Crippen LogP contribution in [0.4, 0.5) is 0 Å². The number of hydrogen-bond donors (Lipinski definition) is 1. The molecule has 140 valence electrons. The van der Waals surface area contributed by atoms with E-state index in [1.165, 1.54) is 0 Å². The average Bonchev–Trinajstić information content (AvgIpc) is 3.18. The first-order valence-electron chi connectivity index (χ1n) is 8.82. The zero-order chi connectivity index (χ0) is 18.4. The van der Waals surface area contributed by atoms with E-state index >= 15 is 0 Å². The maximum Gasteiger partial charge on any atom is 0.166 e. The van der Waals surface area contributed by atoms with Gasteiger partial charge in [0.1, 0.15) is 0 Å². The third kappa shape index (κ3) is 4.23. The number of ether oxygens (including phenoxy) is 3. The van der Waals surface area contributed by atoms with Crippen LogP contribution in [0.5, 0.6) is 11.5 Å². The van der Waals surface area contributed by atoms with Crippen molar-refractivity contribution >= 4 is 5.78 Å². The molecule has 2 aromatic rings. The largest absolute Gasteiger partial charge is 0.493 e. The number of morpholine rings is 1. The van der Waals surface area contributed by atoms with E-state index in [0.29, 0.717) is 29.2 Å². The van der Waals surface area contributed by atoms with E-state index in [4.69, 9.17) is 14.2 Å². The van der Waals surface area contributed by atoms with Crippen LogP contribution in [0, 0.1) is 0 Å². The second kappa shape index (κ2) is 8.82. The Morgan fingerprint density at radius 1 is 1.23 bits per heavy atom. The van der Waals surface area contributed by atoms with Gasteiger partial charge in [-0.15, -0.1) is 0 Å². The Bertz CT molecular complexity index is 738. The molecule has 0 aliphatic carbocycles. The van der Waals surface area contributed by atoms with E-state index in [9.17, 15) is 4.79 Å². The van der Waals surface area contributed by atoms with Crippen molar-refractivity contribution in [2.45, 2.75) is 12.8 Å². The maximum absolute atomic E-state index is 12.7. The van der Waals surface area contributed by atoms with Crippen LogP contribution in [0.25, 0.3) is 11.3 Å². The number of rotatable bonds is 8. The minimum Gasteiger partial charge on any atom is -0.493 e. The molecular formula is C19H25N3O4. The number of nitrogens with one attached hydrogen (secondary N) is 1. The molecule has 0 bridgehead atoms. The van der Waals surface area contributed by atoms with Crippen LogP contribution in [0.2, 0.25) is 0 Å². The lowest BCUT2D eigenvalue weighted by atomic mass is 10.0. The van der Waals surface area contributed by atoms with Crippen LogP contribution in [-0.4, -0.2) is 67.9 Å². The standard InChI is InChI=1S/C19H25N3O4/c1-24-17-6-5-14(12-18(17)25-2)19-15(13-20-21-19)16(23)4-3-7-22-8-10-26-11-9-22/h5-6,12-13H,3-4,7-11H2,1-2H3,(H,20,21). The van der Waals surface area contributed by atoms with E-state index in [1.807, 2.05) is 18.2 Å². The molecule has 2 heterocycles. The highest BCUT2D eigenvalue weighted by Crippen LogP contribution is 2.33. The normalized spacial score (nSPS) is 15.0. The van der Waals surface area contributed by atoms with Crippen molar-refractivity contribution in [1.29, 1.82) is 0 Å². The van der Waals surface area contributed by atoms with Crippen LogP contribution < -0.4 is 9.47 Å². The van der Waals surface area contributed by atoms with Crippen molar-refractivity contribution in [2.24, 2.45) is 0 Å². The molecule has 1 aliphatic heterocycles. The molecule has 1 aromatic heterocycles. The maximum atomic E-state index is 12.7. The number of aromatic nitrogens is 2. The summed E-state index contributed by atoms with van der Waals surface area (Å²) in [7, 11) is 3.18. The van der Waals surface area contributed by atoms with E-state index < -0.39 is 0 Å². The smallest absolute Gasteiger partial charge is 0.166 e. The fourth-order valence-corrected chi connectivity index (χ4v) is 3.13. The Morgan fingerprint density at radius 3 is 2.73 bits per heavy atom. The minimum absolute atomic E-state index is 0.0943. The van der Waals surface area contributed by atoms with Crippen molar-refractivity contribution in [3.63, 3.8) is 0 Å². The molecular weight excluding hydrogens is 334 g/mol. The zero-order valence-electron chi connectivity index (χ0n) is 15.3. The number of ketones is 1. The van der Waals surface area contributed by atoms with Gasteiger partial charge in [-0.2, -0.15) is 5.10 Å². The van der Waals surface area contributed by atoms with Gasteiger partial charge in [0.2, 0.25) is 0 Å². The first kappa shape index (κ1) is 18.4. The molecule has 0 radical (unpaired) electrons. The Balaban J connectivity index is 1.66. The predicted molar refractivity (Wildman–Crippen MR) is 98.0 cm³/mol. The average molecular weight is 359 g/mol. The van der Waals surface area contributed by atoms with Gasteiger partial charge >= 0.3 is 0 Å². The topological polar surface area (TPSA) is 76.7 Å². The summed E-state index contributed by atoms with van der Waals surface area (Å²) in [6, 6.07) is 5.55. The van der Waals surface area contributed by atoms with Gasteiger partial charge in [-0.25, -0.2) is 0 Å². The zero-order valence-corrected chi connectivity index (χ0v) is 15.3. The van der Waals surface area contributed by atoms with Gasteiger partial charge in [0, 0.05) is 25.1 Å². The molecule has 0 spiro atoms. The second-order valence-electron chi connectivity index (χ2n) is 6.21. The van der Waals surface area contributed by atoms with Gasteiger partial charge in [0.25, 0.3) is 0 Å². The van der Waals surface area contributed by atoms with Gasteiger partial charge < -0.3 is 14.2 Å². The first-order chi connectivity index (χ1) is 12.7. The number of hydrogen-bond acceptors (Lipinski definition) is 6. The Labute approximate surface area is 153 Å². The molecule has 0 amide bonds. The lowest BCUT2D eigenvalue weighted by Crippen LogP contribution is -2.36. The number of carbonyl (C=O) groups excluding carboxylic acids is 1. The quantitative estimate of drug-likeness (QED) is 0.730. The fourth-order valence-electron chi connectivity index (χ4n) is 3.13. The van der Waals surface area contributed by atoms with Crippen LogP contribution in [0.15, 0.2) is 24.4 Å². The number of carbonyl (C=O) groups is 1. The highest BCUT2D eigenvalue weighted by Gasteiger charge is 2.17. The van der Waals surface area contributed by atoms with Gasteiger partial charge in [-0.1, -0.05) is 0 Å². The summed E-state index contributed by atoms with van der Waals surface area (Å²) < 4.78 is 16.0. The highest BCUT2D eigenvalue weighted by molar-refractivity contribution is 6.01. The molecule has 7 heteroatoms. The molecule has 7 nitrogen and oxygen atoms in total. The molecule has 1 saturated heterocycles. The predicted octanol–water partition coefficient (Wildman–Crippen LogP) is 2.39. The number of methoxy groups -OCH3 is 2. The van der Waals surface area contributed by atoms with Gasteiger partial charge in [-0.05, 0) is 31.2 Å². The number of aromatic amines is 1. The minimum atomic E-state index is 0.0943. The third-order valence-electron chi connectivity index (χ3n) is 4.59. The Morgan fingerprint density at radius 2 is 2.00 bits per heavy atom. The molecule has 1 fully saturated rings. The molecule has 0 unspecified atom stereocenters. The molecule has 3 rings (SSSR count). The van der Waals surface area contributed by atoms with E-state index in [-0.39, 0.29) is 5.78 Å². The van der Waals surface area contributed by atoms with E-state index in [1.54, 1.807) is 20.4 Å². The van der Waals surface area contributed by atoms with Crippen LogP contribution in [-0.2, 0) is 4.74 Å². The van der Waals surface area contributed by atoms with Crippen LogP contribution in [0.3, 0.4) is 0 Å². The van der Waals surface area contributed by atoms with Crippen molar-refractivity contribution in [3.8, 4) is 22.8 Å². The van der Waals surface area contributed by atoms with E-state index in [0.717, 1.165) is 44.8 Å². The molecule has 1 aliphatic rings. The summed E-state index contributed by atoms with van der Waals surface area (Å²) in [5.74, 6) is 1.36. The van der Waals surface area contributed by atoms with Crippen molar-refractivity contribution in [2.75, 3.05) is 47.1 Å². The summed E-state index contributed by atoms with van der Waals surface area (Å²) in [4.78, 5) is 15.0. The summed E-state index contributed by atoms with van der Waals surface area (Å²) >= 11 is 0. The first-order valence-corrected chi connectivity index (χ1v) is 8.82. The summed E-state index contributed by atoms with van der Waals surface area (Å²) in [5.41, 5.74) is 2.17. The molecule has 0 atom stereocenters. The lowest BCUT2D eigenvalue weighted by molar-refractivity contribution is 0.0371. The monoisotopic (exact) mass is 359 g/mol. The van der Waals surface area contributed by atoms with Crippen molar-refractivity contribution < 1.29 is 19.0 Å². The van der Waals surface area contributed by atoms with E-state index in [2.05, 4.69) is 15.1 Å². The SMILES string of the molecule is COc1ccc(-c2[nH]ncc2C(=O)CCCN2CCOCC2)cc1OC. The lowest BCUT2D eigenvalue weighted by Gasteiger charge is -2.26. The van der Waals surface area contributed by atoms with Gasteiger partial charge in [-0.3, -0.25) is 14.8 Å². The molecule has 1 aromatic carbocycles. The van der Waals surface area contributed by atoms with Crippen LogP contribution >= 0.6 is 0 Å². The number of Topliss-reactive ketones (excluding diaryl/α,β-unsaturated/α-hetero) is 1. The summed E-state index contributed by atoms with van der Waals surface area (Å²) in [6.45, 7) is 4.35. The number of nitrogens with zero attached hydrogens (tertiary/aromatic N) is 2. The van der Waals surface area contributed by atoms with Crippen molar-refractivity contribution in [1.82, 2.24) is 15.1 Å².